The molecule has 0 spiro atoms. The fourth-order valence-corrected chi connectivity index (χ4v) is 3.79. The van der Waals surface area contributed by atoms with Crippen molar-refractivity contribution in [3.05, 3.63) is 24.3 Å². The van der Waals surface area contributed by atoms with Gasteiger partial charge in [0.15, 0.2) is 0 Å². The summed E-state index contributed by atoms with van der Waals surface area (Å²) in [5, 5.41) is 0. The lowest BCUT2D eigenvalue weighted by Crippen LogP contribution is -2.34. The number of halogens is 3. The van der Waals surface area contributed by atoms with Crippen LogP contribution in [0.5, 0.6) is 5.75 Å². The second-order valence-corrected chi connectivity index (χ2v) is 7.35. The molecule has 1 aliphatic rings. The van der Waals surface area contributed by atoms with Crippen LogP contribution < -0.4 is 4.74 Å². The van der Waals surface area contributed by atoms with Crippen molar-refractivity contribution in [2.75, 3.05) is 26.8 Å². The molecule has 130 valence electrons. The van der Waals surface area contributed by atoms with Gasteiger partial charge in [0.1, 0.15) is 10.6 Å². The monoisotopic (exact) mass is 353 g/mol. The van der Waals surface area contributed by atoms with Gasteiger partial charge in [-0.2, -0.15) is 0 Å². The van der Waals surface area contributed by atoms with Crippen LogP contribution in [0.3, 0.4) is 0 Å². The Morgan fingerprint density at radius 1 is 1.26 bits per heavy atom. The number of para-hydroxylation sites is 1. The van der Waals surface area contributed by atoms with Crippen LogP contribution in [0.4, 0.5) is 13.2 Å². The maximum Gasteiger partial charge on any atom is 0.573 e. The average molecular weight is 353 g/mol. The summed E-state index contributed by atoms with van der Waals surface area (Å²) >= 11 is 0. The topological polar surface area (TPSA) is 55.8 Å². The van der Waals surface area contributed by atoms with Gasteiger partial charge in [-0.15, -0.1) is 13.2 Å². The molecule has 0 bridgehead atoms. The Bertz CT molecular complexity index is 627. The summed E-state index contributed by atoms with van der Waals surface area (Å²) in [6, 6.07) is 4.75. The van der Waals surface area contributed by atoms with Crippen molar-refractivity contribution < 1.29 is 31.1 Å². The Kier molecular flexibility index (Phi) is 5.53. The molecule has 1 aromatic carbocycles. The van der Waals surface area contributed by atoms with E-state index >= 15 is 0 Å². The van der Waals surface area contributed by atoms with E-state index in [1.807, 2.05) is 0 Å². The second-order valence-electron chi connectivity index (χ2n) is 5.34. The SMILES string of the molecule is CN(CC1CCOCC1)S(=O)(=O)c1ccccc1OC(F)(F)F. The standard InChI is InChI=1S/C14H18F3NO4S/c1-18(10-11-6-8-21-9-7-11)23(19,20)13-5-3-2-4-12(13)22-14(15,16)17/h2-5,11H,6-10H2,1H3. The molecule has 5 nitrogen and oxygen atoms in total. The van der Waals surface area contributed by atoms with Crippen LogP contribution in [-0.2, 0) is 14.8 Å². The Morgan fingerprint density at radius 3 is 2.48 bits per heavy atom. The molecule has 9 heteroatoms. The Hall–Kier alpha value is -1.32. The van der Waals surface area contributed by atoms with Crippen LogP contribution in [0.1, 0.15) is 12.8 Å². The highest BCUT2D eigenvalue weighted by Gasteiger charge is 2.35. The van der Waals surface area contributed by atoms with Crippen LogP contribution in [0.15, 0.2) is 29.2 Å². The highest BCUT2D eigenvalue weighted by Crippen LogP contribution is 2.31. The molecule has 0 aromatic heterocycles. The van der Waals surface area contributed by atoms with Crippen molar-refractivity contribution in [1.29, 1.82) is 0 Å². The van der Waals surface area contributed by atoms with Crippen molar-refractivity contribution in [3.8, 4) is 5.75 Å². The van der Waals surface area contributed by atoms with Crippen LogP contribution in [-0.4, -0.2) is 45.9 Å². The van der Waals surface area contributed by atoms with Gasteiger partial charge in [0, 0.05) is 26.8 Å². The predicted octanol–water partition coefficient (Wildman–Crippen LogP) is 2.63. The fraction of sp³-hybridized carbons (Fsp3) is 0.571. The smallest absolute Gasteiger partial charge is 0.404 e. The molecule has 0 N–H and O–H groups in total. The van der Waals surface area contributed by atoms with Gasteiger partial charge in [-0.25, -0.2) is 12.7 Å². The highest BCUT2D eigenvalue weighted by molar-refractivity contribution is 7.89. The number of ether oxygens (including phenoxy) is 2. The third-order valence-corrected chi connectivity index (χ3v) is 5.48. The predicted molar refractivity (Wildman–Crippen MR) is 76.5 cm³/mol. The maximum absolute atomic E-state index is 12.6. The molecule has 1 aromatic rings. The third kappa shape index (κ3) is 4.82. The zero-order valence-electron chi connectivity index (χ0n) is 12.5. The Labute approximate surface area is 133 Å². The number of hydrogen-bond donors (Lipinski definition) is 0. The maximum atomic E-state index is 12.6. The largest absolute Gasteiger partial charge is 0.573 e. The summed E-state index contributed by atoms with van der Waals surface area (Å²) in [4.78, 5) is -0.494. The van der Waals surface area contributed by atoms with Gasteiger partial charge < -0.3 is 9.47 Å². The van der Waals surface area contributed by atoms with E-state index in [2.05, 4.69) is 4.74 Å². The van der Waals surface area contributed by atoms with Crippen LogP contribution in [0, 0.1) is 5.92 Å². The van der Waals surface area contributed by atoms with E-state index in [9.17, 15) is 21.6 Å². The molecular weight excluding hydrogens is 335 g/mol. The summed E-state index contributed by atoms with van der Waals surface area (Å²) in [6.07, 6.45) is -3.51. The van der Waals surface area contributed by atoms with Crippen LogP contribution >= 0.6 is 0 Å². The molecule has 1 heterocycles. The first kappa shape index (κ1) is 18.0. The zero-order chi connectivity index (χ0) is 17.1. The van der Waals surface area contributed by atoms with Gasteiger partial charge in [0.05, 0.1) is 0 Å². The van der Waals surface area contributed by atoms with Gasteiger partial charge in [0.2, 0.25) is 10.0 Å². The lowest BCUT2D eigenvalue weighted by Gasteiger charge is -2.27. The zero-order valence-corrected chi connectivity index (χ0v) is 13.4. The summed E-state index contributed by atoms with van der Waals surface area (Å²) in [5.41, 5.74) is 0. The van der Waals surface area contributed by atoms with Crippen molar-refractivity contribution in [1.82, 2.24) is 4.31 Å². The van der Waals surface area contributed by atoms with Crippen molar-refractivity contribution in [3.63, 3.8) is 0 Å². The molecule has 23 heavy (non-hydrogen) atoms. The Morgan fingerprint density at radius 2 is 1.87 bits per heavy atom. The number of rotatable bonds is 5. The molecule has 0 saturated carbocycles. The van der Waals surface area contributed by atoms with E-state index < -0.39 is 27.0 Å². The molecule has 0 aliphatic carbocycles. The molecule has 0 unspecified atom stereocenters. The van der Waals surface area contributed by atoms with E-state index in [1.165, 1.54) is 19.2 Å². The number of hydrogen-bond acceptors (Lipinski definition) is 4. The van der Waals surface area contributed by atoms with Crippen LogP contribution in [0.25, 0.3) is 0 Å². The van der Waals surface area contributed by atoms with Gasteiger partial charge >= 0.3 is 6.36 Å². The normalized spacial score (nSPS) is 17.4. The Balaban J connectivity index is 2.21. The van der Waals surface area contributed by atoms with E-state index in [0.717, 1.165) is 29.3 Å². The first-order valence-electron chi connectivity index (χ1n) is 7.09. The quantitative estimate of drug-likeness (QED) is 0.817. The molecular formula is C14H18F3NO4S. The lowest BCUT2D eigenvalue weighted by atomic mass is 10.0. The minimum Gasteiger partial charge on any atom is -0.404 e. The van der Waals surface area contributed by atoms with Gasteiger partial charge in [0.25, 0.3) is 0 Å². The first-order valence-corrected chi connectivity index (χ1v) is 8.53. The fourth-order valence-electron chi connectivity index (χ4n) is 2.43. The molecule has 0 radical (unpaired) electrons. The molecule has 1 aliphatic heterocycles. The van der Waals surface area contributed by atoms with Crippen molar-refractivity contribution in [2.45, 2.75) is 24.1 Å². The first-order chi connectivity index (χ1) is 10.7. The molecule has 0 amide bonds. The lowest BCUT2D eigenvalue weighted by molar-refractivity contribution is -0.275. The third-order valence-electron chi connectivity index (χ3n) is 3.62. The molecule has 1 fully saturated rings. The summed E-state index contributed by atoms with van der Waals surface area (Å²) in [6.45, 7) is 1.35. The van der Waals surface area contributed by atoms with Gasteiger partial charge in [-0.05, 0) is 30.9 Å². The van der Waals surface area contributed by atoms with E-state index in [-0.39, 0.29) is 12.5 Å². The van der Waals surface area contributed by atoms with Crippen molar-refractivity contribution in [2.24, 2.45) is 5.92 Å². The summed E-state index contributed by atoms with van der Waals surface area (Å²) in [7, 11) is -2.72. The minimum atomic E-state index is -4.95. The van der Waals surface area contributed by atoms with Crippen molar-refractivity contribution >= 4 is 10.0 Å². The summed E-state index contributed by atoms with van der Waals surface area (Å²) in [5.74, 6) is -0.599. The molecule has 0 atom stereocenters. The van der Waals surface area contributed by atoms with Gasteiger partial charge in [-0.1, -0.05) is 12.1 Å². The second kappa shape index (κ2) is 7.06. The number of sulfonamides is 1. The minimum absolute atomic E-state index is 0.124. The highest BCUT2D eigenvalue weighted by atomic mass is 32.2. The average Bonchev–Trinajstić information content (AvgIpc) is 2.47. The molecule has 2 rings (SSSR count). The summed E-state index contributed by atoms with van der Waals surface area (Å²) < 4.78 is 72.6. The van der Waals surface area contributed by atoms with E-state index in [1.54, 1.807) is 0 Å². The number of nitrogens with zero attached hydrogens (tertiary/aromatic N) is 1. The molecule has 1 saturated heterocycles. The number of alkyl halides is 3. The van der Waals surface area contributed by atoms with Crippen LogP contribution in [0.2, 0.25) is 0 Å². The number of benzene rings is 1. The van der Waals surface area contributed by atoms with E-state index in [4.69, 9.17) is 4.74 Å². The van der Waals surface area contributed by atoms with Gasteiger partial charge in [-0.3, -0.25) is 0 Å². The van der Waals surface area contributed by atoms with E-state index in [0.29, 0.717) is 13.2 Å².